The molecule has 0 unspecified atom stereocenters. The number of amides is 3. The maximum absolute atomic E-state index is 12.9. The van der Waals surface area contributed by atoms with Crippen LogP contribution in [0.1, 0.15) is 39.5 Å². The van der Waals surface area contributed by atoms with E-state index in [-0.39, 0.29) is 23.7 Å². The Morgan fingerprint density at radius 1 is 1.07 bits per heavy atom. The molecule has 2 fully saturated rings. The van der Waals surface area contributed by atoms with Gasteiger partial charge in [0.2, 0.25) is 11.8 Å². The Labute approximate surface area is 162 Å². The zero-order chi connectivity index (χ0) is 20.4. The number of anilines is 1. The zero-order valence-corrected chi connectivity index (χ0v) is 15.8. The molecule has 1 aliphatic carbocycles. The highest BCUT2D eigenvalue weighted by Crippen LogP contribution is 2.38. The fourth-order valence-corrected chi connectivity index (χ4v) is 3.78. The monoisotopic (exact) mass is 390 g/mol. The van der Waals surface area contributed by atoms with Gasteiger partial charge in [0.25, 0.3) is 5.91 Å². The number of nitrogens with zero attached hydrogens (tertiary/aromatic N) is 1. The van der Waals surface area contributed by atoms with E-state index in [0.717, 1.165) is 17.7 Å². The summed E-state index contributed by atoms with van der Waals surface area (Å²) in [6, 6.07) is 4.06. The molecule has 28 heavy (non-hydrogen) atoms. The van der Waals surface area contributed by atoms with Crippen molar-refractivity contribution in [2.75, 3.05) is 5.32 Å². The lowest BCUT2D eigenvalue weighted by Gasteiger charge is -2.23. The molecule has 1 saturated carbocycles. The number of benzene rings is 1. The Hall–Kier alpha value is -2.77. The highest BCUT2D eigenvalue weighted by molar-refractivity contribution is 6.08. The molecule has 4 atom stereocenters. The Morgan fingerprint density at radius 3 is 2.14 bits per heavy atom. The molecule has 1 aromatic rings. The van der Waals surface area contributed by atoms with Gasteiger partial charge in [0.1, 0.15) is 11.9 Å². The second-order valence-corrected chi connectivity index (χ2v) is 7.30. The van der Waals surface area contributed by atoms with Crippen molar-refractivity contribution in [1.29, 1.82) is 0 Å². The van der Waals surface area contributed by atoms with Gasteiger partial charge in [-0.25, -0.2) is 9.18 Å². The minimum atomic E-state index is -1.14. The van der Waals surface area contributed by atoms with Crippen molar-refractivity contribution < 1.29 is 28.3 Å². The van der Waals surface area contributed by atoms with Gasteiger partial charge in [0, 0.05) is 5.69 Å². The number of carbonyl (C=O) groups excluding carboxylic acids is 4. The molecule has 8 heteroatoms. The van der Waals surface area contributed by atoms with Crippen LogP contribution in [0, 0.1) is 17.7 Å². The van der Waals surface area contributed by atoms with Crippen LogP contribution in [0.3, 0.4) is 0 Å². The summed E-state index contributed by atoms with van der Waals surface area (Å²) in [7, 11) is 0. The molecule has 0 aromatic heterocycles. The van der Waals surface area contributed by atoms with Crippen molar-refractivity contribution >= 4 is 29.4 Å². The van der Waals surface area contributed by atoms with E-state index in [9.17, 15) is 23.6 Å². The van der Waals surface area contributed by atoms with E-state index in [4.69, 9.17) is 4.74 Å². The van der Waals surface area contributed by atoms with Crippen molar-refractivity contribution in [3.05, 3.63) is 30.1 Å². The smallest absolute Gasteiger partial charge is 0.329 e. The molecule has 3 amide bonds. The van der Waals surface area contributed by atoms with Crippen LogP contribution < -0.4 is 5.32 Å². The van der Waals surface area contributed by atoms with Crippen LogP contribution in [0.4, 0.5) is 10.1 Å². The highest BCUT2D eigenvalue weighted by Gasteiger charge is 2.51. The molecule has 1 heterocycles. The number of halogens is 1. The van der Waals surface area contributed by atoms with Gasteiger partial charge in [0.15, 0.2) is 6.10 Å². The van der Waals surface area contributed by atoms with Gasteiger partial charge in [-0.2, -0.15) is 0 Å². The minimum absolute atomic E-state index is 0.331. The summed E-state index contributed by atoms with van der Waals surface area (Å²) >= 11 is 0. The number of likely N-dealkylation sites (tertiary alicyclic amines) is 1. The average Bonchev–Trinajstić information content (AvgIpc) is 2.93. The third-order valence-electron chi connectivity index (χ3n) is 5.38. The van der Waals surface area contributed by atoms with E-state index in [2.05, 4.69) is 5.32 Å². The number of fused-ring (bicyclic) bond motifs is 1. The number of ether oxygens (including phenoxy) is 1. The van der Waals surface area contributed by atoms with E-state index in [1.807, 2.05) is 0 Å². The number of carbonyl (C=O) groups is 4. The van der Waals surface area contributed by atoms with Crippen molar-refractivity contribution in [3.8, 4) is 0 Å². The molecule has 1 aliphatic heterocycles. The molecule has 7 nitrogen and oxygen atoms in total. The molecule has 1 saturated heterocycles. The number of hydrogen-bond acceptors (Lipinski definition) is 5. The predicted molar refractivity (Wildman–Crippen MR) is 97.3 cm³/mol. The lowest BCUT2D eigenvalue weighted by Crippen LogP contribution is -2.46. The van der Waals surface area contributed by atoms with Crippen molar-refractivity contribution in [2.45, 2.75) is 51.7 Å². The Morgan fingerprint density at radius 2 is 1.61 bits per heavy atom. The number of rotatable bonds is 5. The quantitative estimate of drug-likeness (QED) is 0.615. The summed E-state index contributed by atoms with van der Waals surface area (Å²) in [5, 5.41) is 2.51. The van der Waals surface area contributed by atoms with Crippen molar-refractivity contribution in [3.63, 3.8) is 0 Å². The summed E-state index contributed by atoms with van der Waals surface area (Å²) in [5.74, 6) is -3.22. The third-order valence-corrected chi connectivity index (χ3v) is 5.38. The Balaban J connectivity index is 1.60. The van der Waals surface area contributed by atoms with Crippen LogP contribution >= 0.6 is 0 Å². The molecule has 1 aromatic carbocycles. The van der Waals surface area contributed by atoms with Gasteiger partial charge in [-0.05, 0) is 51.0 Å². The number of esters is 1. The lowest BCUT2D eigenvalue weighted by atomic mass is 9.81. The standard InChI is InChI=1S/C20H23FN2O5/c1-11(23-18(25)15-5-3-4-6-16(15)19(23)26)20(27)28-12(2)17(24)22-14-9-7-13(21)8-10-14/h7-12,15-16H,3-6H2,1-2H3,(H,22,24)/t11-,12-,15-,16-/m0/s1. The Kier molecular flexibility index (Phi) is 5.76. The predicted octanol–water partition coefficient (Wildman–Crippen LogP) is 2.26. The molecular weight excluding hydrogens is 367 g/mol. The van der Waals surface area contributed by atoms with Gasteiger partial charge in [-0.1, -0.05) is 12.8 Å². The highest BCUT2D eigenvalue weighted by atomic mass is 19.1. The van der Waals surface area contributed by atoms with Gasteiger partial charge >= 0.3 is 5.97 Å². The van der Waals surface area contributed by atoms with Gasteiger partial charge in [-0.3, -0.25) is 19.3 Å². The summed E-state index contributed by atoms with van der Waals surface area (Å²) in [6.07, 6.45) is 1.96. The van der Waals surface area contributed by atoms with Crippen LogP contribution in [0.25, 0.3) is 0 Å². The van der Waals surface area contributed by atoms with E-state index in [1.165, 1.54) is 38.1 Å². The first-order chi connectivity index (χ1) is 13.3. The van der Waals surface area contributed by atoms with Gasteiger partial charge in [0.05, 0.1) is 11.8 Å². The van der Waals surface area contributed by atoms with Crippen LogP contribution in [-0.4, -0.2) is 40.7 Å². The van der Waals surface area contributed by atoms with E-state index in [1.54, 1.807) is 0 Å². The van der Waals surface area contributed by atoms with Crippen LogP contribution in [-0.2, 0) is 23.9 Å². The first kappa shape index (κ1) is 20.0. The first-order valence-corrected chi connectivity index (χ1v) is 9.43. The van der Waals surface area contributed by atoms with Gasteiger partial charge in [-0.15, -0.1) is 0 Å². The molecule has 0 spiro atoms. The number of hydrogen-bond donors (Lipinski definition) is 1. The fourth-order valence-electron chi connectivity index (χ4n) is 3.78. The molecule has 150 valence electrons. The number of nitrogens with one attached hydrogen (secondary N) is 1. The maximum atomic E-state index is 12.9. The van der Waals surface area contributed by atoms with Crippen LogP contribution in [0.2, 0.25) is 0 Å². The van der Waals surface area contributed by atoms with Gasteiger partial charge < -0.3 is 10.1 Å². The Bertz CT molecular complexity index is 770. The summed E-state index contributed by atoms with van der Waals surface area (Å²) in [5.41, 5.74) is 0.358. The second-order valence-electron chi connectivity index (χ2n) is 7.30. The fraction of sp³-hybridized carbons (Fsp3) is 0.500. The largest absolute Gasteiger partial charge is 0.451 e. The van der Waals surface area contributed by atoms with Crippen LogP contribution in [0.15, 0.2) is 24.3 Å². The lowest BCUT2D eigenvalue weighted by molar-refractivity contribution is -0.163. The molecule has 0 radical (unpaired) electrons. The molecule has 1 N–H and O–H groups in total. The van der Waals surface area contributed by atoms with Crippen molar-refractivity contribution in [1.82, 2.24) is 4.90 Å². The SMILES string of the molecule is C[C@H](OC(=O)[C@H](C)N1C(=O)[C@H]2CCCC[C@@H]2C1=O)C(=O)Nc1ccc(F)cc1. The van der Waals surface area contributed by atoms with Crippen molar-refractivity contribution in [2.24, 2.45) is 11.8 Å². The van der Waals surface area contributed by atoms with E-state index >= 15 is 0 Å². The molecule has 2 aliphatic rings. The van der Waals surface area contributed by atoms with E-state index in [0.29, 0.717) is 18.5 Å². The third kappa shape index (κ3) is 3.90. The van der Waals surface area contributed by atoms with E-state index < -0.39 is 29.8 Å². The second kappa shape index (κ2) is 8.08. The minimum Gasteiger partial charge on any atom is -0.451 e. The molecule has 3 rings (SSSR count). The van der Waals surface area contributed by atoms with Crippen LogP contribution in [0.5, 0.6) is 0 Å². The molecule has 0 bridgehead atoms. The first-order valence-electron chi connectivity index (χ1n) is 9.43. The summed E-state index contributed by atoms with van der Waals surface area (Å²) in [6.45, 7) is 2.82. The normalized spacial score (nSPS) is 23.8. The average molecular weight is 390 g/mol. The maximum Gasteiger partial charge on any atom is 0.329 e. The summed E-state index contributed by atoms with van der Waals surface area (Å²) in [4.78, 5) is 50.8. The number of imide groups is 1. The molecular formula is C20H23FN2O5. The summed E-state index contributed by atoms with van der Waals surface area (Å²) < 4.78 is 18.1. The topological polar surface area (TPSA) is 92.8 Å². The zero-order valence-electron chi connectivity index (χ0n) is 15.8.